The third-order valence-electron chi connectivity index (χ3n) is 2.82. The van der Waals surface area contributed by atoms with Gasteiger partial charge in [0.2, 0.25) is 0 Å². The van der Waals surface area contributed by atoms with Crippen molar-refractivity contribution in [2.24, 2.45) is 0 Å². The molecule has 0 saturated carbocycles. The van der Waals surface area contributed by atoms with Crippen molar-refractivity contribution in [1.29, 1.82) is 0 Å². The predicted molar refractivity (Wildman–Crippen MR) is 80.7 cm³/mol. The maximum absolute atomic E-state index is 10.9. The molecule has 0 atom stereocenters. The molecule has 0 fully saturated rings. The number of nitrogens with one attached hydrogen (secondary N) is 2. The molecule has 106 valence electrons. The molecule has 2 heterocycles. The lowest BCUT2D eigenvalue weighted by Gasteiger charge is -2.02. The molecule has 3 rings (SSSR count). The Morgan fingerprint density at radius 1 is 1.29 bits per heavy atom. The number of fused-ring (bicyclic) bond motifs is 1. The van der Waals surface area contributed by atoms with Crippen molar-refractivity contribution in [2.75, 3.05) is 12.4 Å². The van der Waals surface area contributed by atoms with Crippen molar-refractivity contribution in [3.63, 3.8) is 0 Å². The summed E-state index contributed by atoms with van der Waals surface area (Å²) in [6.07, 6.45) is 0. The third kappa shape index (κ3) is 2.79. The lowest BCUT2D eigenvalue weighted by molar-refractivity contribution is -0.385. The van der Waals surface area contributed by atoms with Gasteiger partial charge in [-0.3, -0.25) is 10.1 Å². The van der Waals surface area contributed by atoms with Crippen LogP contribution in [0.3, 0.4) is 0 Å². The second-order valence-corrected chi connectivity index (χ2v) is 5.23. The standard InChI is InChI=1S/C13H11N5O2S/c1-14-11-6-8(18(19)20)7-12(17-11)21-13-15-9-4-2-3-5-10(9)16-13/h2-7H,1H3,(H,14,17)(H,15,16). The number of H-pyrrole nitrogens is 1. The molecule has 3 aromatic rings. The van der Waals surface area contributed by atoms with Crippen LogP contribution in [0, 0.1) is 10.1 Å². The Morgan fingerprint density at radius 3 is 2.81 bits per heavy atom. The summed E-state index contributed by atoms with van der Waals surface area (Å²) in [6, 6.07) is 10.5. The fourth-order valence-electron chi connectivity index (χ4n) is 1.85. The number of para-hydroxylation sites is 2. The fourth-order valence-corrected chi connectivity index (χ4v) is 2.68. The van der Waals surface area contributed by atoms with Crippen LogP contribution in [0.15, 0.2) is 46.6 Å². The van der Waals surface area contributed by atoms with Gasteiger partial charge in [0, 0.05) is 13.1 Å². The van der Waals surface area contributed by atoms with Gasteiger partial charge < -0.3 is 10.3 Å². The molecule has 8 heteroatoms. The van der Waals surface area contributed by atoms with Gasteiger partial charge in [0.15, 0.2) is 5.16 Å². The molecule has 0 radical (unpaired) electrons. The summed E-state index contributed by atoms with van der Waals surface area (Å²) >= 11 is 1.25. The van der Waals surface area contributed by atoms with Crippen LogP contribution in [0.25, 0.3) is 11.0 Å². The van der Waals surface area contributed by atoms with Crippen LogP contribution in [0.5, 0.6) is 0 Å². The van der Waals surface area contributed by atoms with E-state index in [9.17, 15) is 10.1 Å². The quantitative estimate of drug-likeness (QED) is 0.568. The van der Waals surface area contributed by atoms with Crippen molar-refractivity contribution in [3.8, 4) is 0 Å². The second-order valence-electron chi connectivity index (χ2n) is 4.22. The minimum Gasteiger partial charge on any atom is -0.373 e. The molecular formula is C13H11N5O2S. The number of pyridine rings is 1. The van der Waals surface area contributed by atoms with Crippen molar-refractivity contribution in [1.82, 2.24) is 15.0 Å². The Hall–Kier alpha value is -2.61. The van der Waals surface area contributed by atoms with Crippen molar-refractivity contribution >= 4 is 34.3 Å². The minimum absolute atomic E-state index is 0.00652. The summed E-state index contributed by atoms with van der Waals surface area (Å²) < 4.78 is 0. The first kappa shape index (κ1) is 13.4. The zero-order chi connectivity index (χ0) is 14.8. The van der Waals surface area contributed by atoms with E-state index in [2.05, 4.69) is 20.3 Å². The van der Waals surface area contributed by atoms with E-state index in [1.807, 2.05) is 24.3 Å². The summed E-state index contributed by atoms with van der Waals surface area (Å²) in [5.41, 5.74) is 1.76. The van der Waals surface area contributed by atoms with Gasteiger partial charge in [-0.25, -0.2) is 9.97 Å². The first-order chi connectivity index (χ1) is 10.2. The van der Waals surface area contributed by atoms with Gasteiger partial charge in [0.05, 0.1) is 22.0 Å². The van der Waals surface area contributed by atoms with E-state index in [0.29, 0.717) is 16.0 Å². The maximum Gasteiger partial charge on any atom is 0.275 e. The van der Waals surface area contributed by atoms with Gasteiger partial charge in [0.1, 0.15) is 10.8 Å². The SMILES string of the molecule is CNc1cc([N+](=O)[O-])cc(Sc2nc3ccccc3[nH]2)n1. The number of imidazole rings is 1. The molecule has 0 spiro atoms. The highest BCUT2D eigenvalue weighted by molar-refractivity contribution is 7.99. The van der Waals surface area contributed by atoms with Crippen LogP contribution in [0.2, 0.25) is 0 Å². The summed E-state index contributed by atoms with van der Waals surface area (Å²) in [5, 5.41) is 14.9. The van der Waals surface area contributed by atoms with E-state index in [-0.39, 0.29) is 5.69 Å². The Morgan fingerprint density at radius 2 is 2.10 bits per heavy atom. The van der Waals surface area contributed by atoms with Gasteiger partial charge >= 0.3 is 0 Å². The molecule has 0 unspecified atom stereocenters. The number of rotatable bonds is 4. The Kier molecular flexibility index (Phi) is 3.44. The van der Waals surface area contributed by atoms with Gasteiger partial charge in [0.25, 0.3) is 5.69 Å². The molecule has 21 heavy (non-hydrogen) atoms. The van der Waals surface area contributed by atoms with Gasteiger partial charge in [-0.2, -0.15) is 0 Å². The number of nitrogens with zero attached hydrogens (tertiary/aromatic N) is 3. The molecule has 0 aliphatic rings. The van der Waals surface area contributed by atoms with Crippen molar-refractivity contribution in [3.05, 3.63) is 46.5 Å². The van der Waals surface area contributed by atoms with Gasteiger partial charge in [-0.15, -0.1) is 0 Å². The number of hydrogen-bond acceptors (Lipinski definition) is 6. The summed E-state index contributed by atoms with van der Waals surface area (Å²) in [7, 11) is 1.67. The van der Waals surface area contributed by atoms with Crippen LogP contribution in [-0.4, -0.2) is 26.9 Å². The van der Waals surface area contributed by atoms with Crippen molar-refractivity contribution in [2.45, 2.75) is 10.2 Å². The molecule has 1 aromatic carbocycles. The highest BCUT2D eigenvalue weighted by atomic mass is 32.2. The average molecular weight is 301 g/mol. The van der Waals surface area contributed by atoms with Crippen LogP contribution >= 0.6 is 11.8 Å². The lowest BCUT2D eigenvalue weighted by Crippen LogP contribution is -1.97. The number of anilines is 1. The Bertz CT molecular complexity index is 784. The average Bonchev–Trinajstić information content (AvgIpc) is 2.88. The van der Waals surface area contributed by atoms with Gasteiger partial charge in [-0.05, 0) is 23.9 Å². The van der Waals surface area contributed by atoms with E-state index >= 15 is 0 Å². The van der Waals surface area contributed by atoms with E-state index in [1.54, 1.807) is 7.05 Å². The van der Waals surface area contributed by atoms with Crippen LogP contribution in [0.1, 0.15) is 0 Å². The smallest absolute Gasteiger partial charge is 0.275 e. The lowest BCUT2D eigenvalue weighted by atomic mass is 10.3. The monoisotopic (exact) mass is 301 g/mol. The number of aromatic nitrogens is 3. The molecule has 0 amide bonds. The maximum atomic E-state index is 10.9. The fraction of sp³-hybridized carbons (Fsp3) is 0.0769. The number of aromatic amines is 1. The number of benzene rings is 1. The molecular weight excluding hydrogens is 290 g/mol. The molecule has 7 nitrogen and oxygen atoms in total. The summed E-state index contributed by atoms with van der Waals surface area (Å²) in [6.45, 7) is 0. The predicted octanol–water partition coefficient (Wildman–Crippen LogP) is 3.06. The van der Waals surface area contributed by atoms with Crippen LogP contribution < -0.4 is 5.32 Å². The Labute approximate surface area is 124 Å². The van der Waals surface area contributed by atoms with Crippen molar-refractivity contribution < 1.29 is 4.92 Å². The molecule has 0 aliphatic heterocycles. The topological polar surface area (TPSA) is 96.7 Å². The molecule has 0 aliphatic carbocycles. The molecule has 0 saturated heterocycles. The highest BCUT2D eigenvalue weighted by Gasteiger charge is 2.13. The zero-order valence-corrected chi connectivity index (χ0v) is 11.8. The first-order valence-electron chi connectivity index (χ1n) is 6.12. The minimum atomic E-state index is -0.439. The normalized spacial score (nSPS) is 10.7. The van der Waals surface area contributed by atoms with Crippen LogP contribution in [-0.2, 0) is 0 Å². The first-order valence-corrected chi connectivity index (χ1v) is 6.94. The zero-order valence-electron chi connectivity index (χ0n) is 11.0. The number of nitro groups is 1. The largest absolute Gasteiger partial charge is 0.373 e. The highest BCUT2D eigenvalue weighted by Crippen LogP contribution is 2.29. The van der Waals surface area contributed by atoms with Crippen LogP contribution in [0.4, 0.5) is 11.5 Å². The number of hydrogen-bond donors (Lipinski definition) is 2. The van der Waals surface area contributed by atoms with E-state index < -0.39 is 4.92 Å². The summed E-state index contributed by atoms with van der Waals surface area (Å²) in [5.74, 6) is 0.447. The van der Waals surface area contributed by atoms with E-state index in [4.69, 9.17) is 0 Å². The molecule has 0 bridgehead atoms. The Balaban J connectivity index is 1.96. The van der Waals surface area contributed by atoms with E-state index in [1.165, 1.54) is 23.9 Å². The third-order valence-corrected chi connectivity index (χ3v) is 3.63. The van der Waals surface area contributed by atoms with E-state index in [0.717, 1.165) is 11.0 Å². The molecule has 2 aromatic heterocycles. The molecule has 2 N–H and O–H groups in total. The van der Waals surface area contributed by atoms with Gasteiger partial charge in [-0.1, -0.05) is 12.1 Å². The summed E-state index contributed by atoms with van der Waals surface area (Å²) in [4.78, 5) is 22.3. The second kappa shape index (κ2) is 5.41.